The molecule has 0 spiro atoms. The van der Waals surface area contributed by atoms with Crippen LogP contribution in [0.3, 0.4) is 0 Å². The van der Waals surface area contributed by atoms with Crippen molar-refractivity contribution in [1.82, 2.24) is 19.9 Å². The van der Waals surface area contributed by atoms with Crippen LogP contribution >= 0.6 is 15.9 Å². The monoisotopic (exact) mass is 456 g/mol. The van der Waals surface area contributed by atoms with Gasteiger partial charge in [0.1, 0.15) is 17.9 Å². The Hall–Kier alpha value is -2.61. The molecule has 8 heteroatoms. The summed E-state index contributed by atoms with van der Waals surface area (Å²) in [4.78, 5) is 28.2. The fraction of sp³-hybridized carbons (Fsp3) is 0.333. The van der Waals surface area contributed by atoms with Crippen LogP contribution in [-0.2, 0) is 6.42 Å². The van der Waals surface area contributed by atoms with Gasteiger partial charge in [-0.1, -0.05) is 6.07 Å². The number of amides is 1. The lowest BCUT2D eigenvalue weighted by molar-refractivity contribution is 0.0718. The van der Waals surface area contributed by atoms with Gasteiger partial charge in [0.05, 0.1) is 21.8 Å². The van der Waals surface area contributed by atoms with Crippen molar-refractivity contribution in [3.8, 4) is 11.5 Å². The van der Waals surface area contributed by atoms with Gasteiger partial charge in [-0.2, -0.15) is 0 Å². The first-order valence-electron chi connectivity index (χ1n) is 9.59. The van der Waals surface area contributed by atoms with E-state index in [2.05, 4.69) is 30.9 Å². The summed E-state index contributed by atoms with van der Waals surface area (Å²) in [5, 5.41) is 0. The molecule has 0 radical (unpaired) electrons. The Kier molecular flexibility index (Phi) is 4.66. The first-order chi connectivity index (χ1) is 14.1. The van der Waals surface area contributed by atoms with Crippen LogP contribution in [0.2, 0.25) is 0 Å². The third-order valence-corrected chi connectivity index (χ3v) is 6.32. The highest BCUT2D eigenvalue weighted by Crippen LogP contribution is 2.44. The van der Waals surface area contributed by atoms with Gasteiger partial charge >= 0.3 is 0 Å². The fourth-order valence-corrected chi connectivity index (χ4v) is 4.94. The molecule has 2 aliphatic heterocycles. The molecule has 5 rings (SSSR count). The summed E-state index contributed by atoms with van der Waals surface area (Å²) in [6, 6.07) is 4.80. The molecule has 6 nitrogen and oxygen atoms in total. The summed E-state index contributed by atoms with van der Waals surface area (Å²) >= 11 is 3.35. The largest absolute Gasteiger partial charge is 0.444 e. The zero-order chi connectivity index (χ0) is 20.0. The van der Waals surface area contributed by atoms with Crippen molar-refractivity contribution in [2.45, 2.75) is 37.8 Å². The Morgan fingerprint density at radius 3 is 2.83 bits per heavy atom. The molecule has 3 unspecified atom stereocenters. The van der Waals surface area contributed by atoms with Gasteiger partial charge in [0.2, 0.25) is 5.89 Å². The third kappa shape index (κ3) is 3.25. The lowest BCUT2D eigenvalue weighted by atomic mass is 9.86. The molecule has 3 atom stereocenters. The van der Waals surface area contributed by atoms with Gasteiger partial charge in [0.25, 0.3) is 5.91 Å². The van der Waals surface area contributed by atoms with Gasteiger partial charge in [0, 0.05) is 30.9 Å². The molecule has 4 heterocycles. The summed E-state index contributed by atoms with van der Waals surface area (Å²) in [5.41, 5.74) is 0.423. The van der Waals surface area contributed by atoms with E-state index in [0.717, 1.165) is 36.0 Å². The van der Waals surface area contributed by atoms with E-state index in [0.29, 0.717) is 11.5 Å². The number of rotatable bonds is 4. The predicted octanol–water partition coefficient (Wildman–Crippen LogP) is 4.27. The molecule has 2 aromatic heterocycles. The smallest absolute Gasteiger partial charge is 0.255 e. The maximum atomic E-state index is 14.6. The van der Waals surface area contributed by atoms with E-state index in [-0.39, 0.29) is 29.4 Å². The second kappa shape index (κ2) is 7.33. The predicted molar refractivity (Wildman–Crippen MR) is 106 cm³/mol. The number of fused-ring (bicyclic) bond motifs is 2. The molecule has 0 aliphatic carbocycles. The van der Waals surface area contributed by atoms with Crippen LogP contribution in [0, 0.1) is 11.7 Å². The zero-order valence-electron chi connectivity index (χ0n) is 15.5. The number of carbonyl (C=O) groups excluding carboxylic acids is 1. The Labute approximate surface area is 175 Å². The van der Waals surface area contributed by atoms with Crippen LogP contribution < -0.4 is 0 Å². The summed E-state index contributed by atoms with van der Waals surface area (Å²) in [6.07, 6.45) is 9.88. The molecular formula is C21H18BrFN4O2. The minimum atomic E-state index is -0.510. The number of halogens is 2. The van der Waals surface area contributed by atoms with E-state index in [1.165, 1.54) is 18.5 Å². The zero-order valence-corrected chi connectivity index (χ0v) is 17.0. The molecule has 1 amide bonds. The molecule has 29 heavy (non-hydrogen) atoms. The lowest BCUT2D eigenvalue weighted by Crippen LogP contribution is -2.37. The Balaban J connectivity index is 1.43. The van der Waals surface area contributed by atoms with E-state index >= 15 is 0 Å². The van der Waals surface area contributed by atoms with Crippen LogP contribution in [-0.4, -0.2) is 37.8 Å². The first-order valence-corrected chi connectivity index (χ1v) is 10.4. The summed E-state index contributed by atoms with van der Waals surface area (Å²) in [6.45, 7) is 0. The Morgan fingerprint density at radius 1 is 1.24 bits per heavy atom. The number of hydrogen-bond acceptors (Lipinski definition) is 5. The maximum Gasteiger partial charge on any atom is 0.255 e. The lowest BCUT2D eigenvalue weighted by Gasteiger charge is -2.25. The van der Waals surface area contributed by atoms with E-state index in [1.54, 1.807) is 24.5 Å². The number of hydrogen-bond donors (Lipinski definition) is 0. The molecular weight excluding hydrogens is 439 g/mol. The van der Waals surface area contributed by atoms with Gasteiger partial charge in [0.15, 0.2) is 0 Å². The molecule has 2 fully saturated rings. The minimum Gasteiger partial charge on any atom is -0.444 e. The van der Waals surface area contributed by atoms with Gasteiger partial charge in [-0.3, -0.25) is 4.79 Å². The van der Waals surface area contributed by atoms with Crippen molar-refractivity contribution in [3.63, 3.8) is 0 Å². The Morgan fingerprint density at radius 2 is 2.07 bits per heavy atom. The number of benzene rings is 1. The molecule has 0 saturated carbocycles. The van der Waals surface area contributed by atoms with Crippen LogP contribution in [0.15, 0.2) is 51.9 Å². The van der Waals surface area contributed by atoms with Gasteiger partial charge in [-0.05, 0) is 53.2 Å². The molecule has 2 saturated heterocycles. The van der Waals surface area contributed by atoms with Gasteiger partial charge in [-0.15, -0.1) is 0 Å². The number of carbonyl (C=O) groups is 1. The number of nitrogens with zero attached hydrogens (tertiary/aromatic N) is 4. The summed E-state index contributed by atoms with van der Waals surface area (Å²) in [7, 11) is 0. The van der Waals surface area contributed by atoms with Crippen molar-refractivity contribution >= 4 is 21.8 Å². The van der Waals surface area contributed by atoms with Crippen LogP contribution in [0.1, 0.15) is 35.4 Å². The SMILES string of the molecule is O=C(c1cccc(F)c1-c1ncco1)N1C2CCC1C(Cc1ncc(Br)cn1)C2. The van der Waals surface area contributed by atoms with E-state index in [4.69, 9.17) is 4.42 Å². The summed E-state index contributed by atoms with van der Waals surface area (Å²) in [5.74, 6) is 0.536. The molecule has 148 valence electrons. The third-order valence-electron chi connectivity index (χ3n) is 5.91. The first kappa shape index (κ1) is 18.4. The van der Waals surface area contributed by atoms with Gasteiger partial charge < -0.3 is 9.32 Å². The molecule has 0 N–H and O–H groups in total. The topological polar surface area (TPSA) is 72.1 Å². The minimum absolute atomic E-state index is 0.112. The van der Waals surface area contributed by atoms with Crippen molar-refractivity contribution in [2.75, 3.05) is 0 Å². The van der Waals surface area contributed by atoms with Crippen molar-refractivity contribution < 1.29 is 13.6 Å². The average Bonchev–Trinajstić information content (AvgIpc) is 3.45. The standard InChI is InChI=1S/C21H18BrFN4O2/c22-13-10-25-18(26-11-13)9-12-8-14-4-5-17(12)27(14)21(28)15-2-1-3-16(23)19(15)20-24-6-7-29-20/h1-3,6-7,10-12,14,17H,4-5,8-9H2. The van der Waals surface area contributed by atoms with Crippen LogP contribution in [0.5, 0.6) is 0 Å². The second-order valence-corrected chi connectivity index (χ2v) is 8.44. The maximum absolute atomic E-state index is 14.6. The number of oxazole rings is 1. The quantitative estimate of drug-likeness (QED) is 0.585. The summed E-state index contributed by atoms with van der Waals surface area (Å²) < 4.78 is 20.7. The van der Waals surface area contributed by atoms with Crippen LogP contribution in [0.4, 0.5) is 4.39 Å². The fourth-order valence-electron chi connectivity index (χ4n) is 4.73. The molecule has 2 bridgehead atoms. The van der Waals surface area contributed by atoms with Crippen molar-refractivity contribution in [2.24, 2.45) is 5.92 Å². The van der Waals surface area contributed by atoms with E-state index in [1.807, 2.05) is 4.90 Å². The van der Waals surface area contributed by atoms with Gasteiger partial charge in [-0.25, -0.2) is 19.3 Å². The van der Waals surface area contributed by atoms with Crippen LogP contribution in [0.25, 0.3) is 11.5 Å². The van der Waals surface area contributed by atoms with E-state index < -0.39 is 5.82 Å². The highest BCUT2D eigenvalue weighted by molar-refractivity contribution is 9.10. The highest BCUT2D eigenvalue weighted by atomic mass is 79.9. The number of aromatic nitrogens is 3. The van der Waals surface area contributed by atoms with Crippen molar-refractivity contribution in [3.05, 3.63) is 64.7 Å². The van der Waals surface area contributed by atoms with Crippen molar-refractivity contribution in [1.29, 1.82) is 0 Å². The Bertz CT molecular complexity index is 1040. The molecule has 1 aromatic carbocycles. The average molecular weight is 457 g/mol. The van der Waals surface area contributed by atoms with E-state index in [9.17, 15) is 9.18 Å². The second-order valence-electron chi connectivity index (χ2n) is 7.53. The molecule has 2 aliphatic rings. The normalized spacial score (nSPS) is 23.0. The molecule has 3 aromatic rings. The highest BCUT2D eigenvalue weighted by Gasteiger charge is 2.49.